The van der Waals surface area contributed by atoms with E-state index in [1.807, 2.05) is 0 Å². The largest absolute Gasteiger partial charge is 0.399 e. The number of carbonyl (C=O) groups is 2. The number of aromatic nitrogens is 1. The van der Waals surface area contributed by atoms with E-state index in [1.54, 1.807) is 18.2 Å². The monoisotopic (exact) mass is 317 g/mol. The highest BCUT2D eigenvalue weighted by Crippen LogP contribution is 2.33. The molecule has 1 aromatic carbocycles. The number of carbonyl (C=O) groups excluding carboxylic acids is 2. The van der Waals surface area contributed by atoms with Crippen molar-refractivity contribution in [3.8, 4) is 0 Å². The van der Waals surface area contributed by atoms with Gasteiger partial charge in [-0.15, -0.1) is 0 Å². The number of hydrogen-bond acceptors (Lipinski definition) is 4. The lowest BCUT2D eigenvalue weighted by Crippen LogP contribution is -2.29. The van der Waals surface area contributed by atoms with E-state index in [2.05, 4.69) is 20.9 Å². The first-order valence-corrected chi connectivity index (χ1v) is 6.26. The summed E-state index contributed by atoms with van der Waals surface area (Å²) in [5, 5.41) is 0. The number of nitrogen functional groups attached to an aromatic ring is 1. The second-order valence-electron chi connectivity index (χ2n) is 4.08. The molecule has 0 radical (unpaired) electrons. The number of imide groups is 1. The summed E-state index contributed by atoms with van der Waals surface area (Å²) in [7, 11) is 0. The minimum atomic E-state index is -0.376. The number of hydrogen-bond donors (Lipinski definition) is 1. The van der Waals surface area contributed by atoms with Gasteiger partial charge in [0.2, 0.25) is 0 Å². The highest BCUT2D eigenvalue weighted by Gasteiger charge is 2.37. The van der Waals surface area contributed by atoms with Crippen LogP contribution in [0.2, 0.25) is 0 Å². The molecule has 3 rings (SSSR count). The zero-order valence-corrected chi connectivity index (χ0v) is 11.2. The number of benzene rings is 1. The minimum Gasteiger partial charge on any atom is -0.399 e. The molecule has 0 bridgehead atoms. The molecule has 2 heterocycles. The molecule has 0 saturated heterocycles. The molecule has 5 nitrogen and oxygen atoms in total. The van der Waals surface area contributed by atoms with Crippen molar-refractivity contribution in [3.63, 3.8) is 0 Å². The van der Waals surface area contributed by atoms with E-state index >= 15 is 0 Å². The fourth-order valence-corrected chi connectivity index (χ4v) is 2.45. The molecule has 0 aliphatic carbocycles. The van der Waals surface area contributed by atoms with E-state index in [4.69, 9.17) is 5.73 Å². The Labute approximate surface area is 117 Å². The SMILES string of the molecule is Nc1ccc2c(c1)C(=O)N(c1ccncc1Br)C2=O. The summed E-state index contributed by atoms with van der Waals surface area (Å²) < 4.78 is 0.581. The lowest BCUT2D eigenvalue weighted by Gasteiger charge is -2.14. The van der Waals surface area contributed by atoms with Gasteiger partial charge in [0.25, 0.3) is 11.8 Å². The Balaban J connectivity index is 2.16. The van der Waals surface area contributed by atoms with Gasteiger partial charge >= 0.3 is 0 Å². The zero-order valence-electron chi connectivity index (χ0n) is 9.63. The summed E-state index contributed by atoms with van der Waals surface area (Å²) in [6.07, 6.45) is 3.06. The lowest BCUT2D eigenvalue weighted by molar-refractivity contribution is 0.0926. The molecule has 0 fully saturated rings. The van der Waals surface area contributed by atoms with Gasteiger partial charge in [-0.05, 0) is 40.2 Å². The first kappa shape index (κ1) is 11.9. The number of rotatable bonds is 1. The van der Waals surface area contributed by atoms with Crippen LogP contribution in [0.15, 0.2) is 41.1 Å². The second-order valence-corrected chi connectivity index (χ2v) is 4.93. The van der Waals surface area contributed by atoms with Gasteiger partial charge in [0.05, 0.1) is 21.3 Å². The molecule has 1 aliphatic rings. The Morgan fingerprint density at radius 3 is 2.58 bits per heavy atom. The Morgan fingerprint density at radius 1 is 1.11 bits per heavy atom. The highest BCUT2D eigenvalue weighted by molar-refractivity contribution is 9.10. The number of halogens is 1. The molecule has 19 heavy (non-hydrogen) atoms. The van der Waals surface area contributed by atoms with Crippen LogP contribution in [0.4, 0.5) is 11.4 Å². The van der Waals surface area contributed by atoms with Crippen molar-refractivity contribution in [3.05, 3.63) is 52.3 Å². The summed E-state index contributed by atoms with van der Waals surface area (Å²) in [6, 6.07) is 6.30. The number of amides is 2. The van der Waals surface area contributed by atoms with Crippen molar-refractivity contribution >= 4 is 39.1 Å². The third kappa shape index (κ3) is 1.72. The van der Waals surface area contributed by atoms with Crippen LogP contribution in [0.1, 0.15) is 20.7 Å². The highest BCUT2D eigenvalue weighted by atomic mass is 79.9. The maximum Gasteiger partial charge on any atom is 0.266 e. The van der Waals surface area contributed by atoms with E-state index in [0.717, 1.165) is 4.90 Å². The molecule has 0 saturated carbocycles. The molecular weight excluding hydrogens is 310 g/mol. The van der Waals surface area contributed by atoms with Crippen LogP contribution in [-0.4, -0.2) is 16.8 Å². The van der Waals surface area contributed by atoms with E-state index < -0.39 is 0 Å². The molecule has 2 aromatic rings. The Bertz CT molecular complexity index is 715. The molecule has 0 unspecified atom stereocenters. The maximum absolute atomic E-state index is 12.3. The average molecular weight is 318 g/mol. The van der Waals surface area contributed by atoms with Crippen molar-refractivity contribution in [1.29, 1.82) is 0 Å². The minimum absolute atomic E-state index is 0.328. The Kier molecular flexibility index (Phi) is 2.60. The topological polar surface area (TPSA) is 76.3 Å². The predicted molar refractivity (Wildman–Crippen MR) is 73.9 cm³/mol. The van der Waals surface area contributed by atoms with Gasteiger partial charge in [-0.1, -0.05) is 0 Å². The number of anilines is 2. The third-order valence-corrected chi connectivity index (χ3v) is 3.51. The molecule has 94 valence electrons. The lowest BCUT2D eigenvalue weighted by atomic mass is 10.1. The van der Waals surface area contributed by atoms with E-state index in [-0.39, 0.29) is 11.8 Å². The van der Waals surface area contributed by atoms with E-state index in [9.17, 15) is 9.59 Å². The van der Waals surface area contributed by atoms with Crippen LogP contribution in [0, 0.1) is 0 Å². The second kappa shape index (κ2) is 4.17. The number of fused-ring (bicyclic) bond motifs is 1. The van der Waals surface area contributed by atoms with Crippen LogP contribution in [0.25, 0.3) is 0 Å². The van der Waals surface area contributed by atoms with Crippen LogP contribution >= 0.6 is 15.9 Å². The molecule has 2 amide bonds. The number of nitrogens with two attached hydrogens (primary N) is 1. The average Bonchev–Trinajstić information content (AvgIpc) is 2.63. The van der Waals surface area contributed by atoms with E-state index in [1.165, 1.54) is 18.5 Å². The Hall–Kier alpha value is -2.21. The van der Waals surface area contributed by atoms with Crippen molar-refractivity contribution in [2.75, 3.05) is 10.6 Å². The van der Waals surface area contributed by atoms with Crippen LogP contribution in [0.3, 0.4) is 0 Å². The summed E-state index contributed by atoms with van der Waals surface area (Å²) >= 11 is 3.29. The van der Waals surface area contributed by atoms with Gasteiger partial charge in [-0.25, -0.2) is 4.90 Å². The van der Waals surface area contributed by atoms with Gasteiger partial charge in [-0.3, -0.25) is 14.6 Å². The van der Waals surface area contributed by atoms with Crippen molar-refractivity contribution in [1.82, 2.24) is 4.98 Å². The fourth-order valence-electron chi connectivity index (χ4n) is 2.03. The zero-order chi connectivity index (χ0) is 13.6. The number of nitrogens with zero attached hydrogens (tertiary/aromatic N) is 2. The molecule has 0 atom stereocenters. The van der Waals surface area contributed by atoms with E-state index in [0.29, 0.717) is 27.0 Å². The number of pyridine rings is 1. The maximum atomic E-state index is 12.3. The van der Waals surface area contributed by atoms with Gasteiger partial charge < -0.3 is 5.73 Å². The van der Waals surface area contributed by atoms with Crippen molar-refractivity contribution in [2.24, 2.45) is 0 Å². The standard InChI is InChI=1S/C13H8BrN3O2/c14-10-6-16-4-3-11(10)17-12(18)8-2-1-7(15)5-9(8)13(17)19/h1-6H,15H2. The third-order valence-electron chi connectivity index (χ3n) is 2.90. The summed E-state index contributed by atoms with van der Waals surface area (Å²) in [6.45, 7) is 0. The van der Waals surface area contributed by atoms with Crippen LogP contribution in [-0.2, 0) is 0 Å². The first-order valence-electron chi connectivity index (χ1n) is 5.47. The molecule has 6 heteroatoms. The fraction of sp³-hybridized carbons (Fsp3) is 0. The summed E-state index contributed by atoms with van der Waals surface area (Å²) in [5.74, 6) is -0.730. The normalized spacial score (nSPS) is 13.8. The molecule has 2 N–H and O–H groups in total. The Morgan fingerprint density at radius 2 is 1.84 bits per heavy atom. The molecule has 0 spiro atoms. The quantitative estimate of drug-likeness (QED) is 0.646. The van der Waals surface area contributed by atoms with Gasteiger partial charge in [0.15, 0.2) is 0 Å². The van der Waals surface area contributed by atoms with Crippen LogP contribution < -0.4 is 10.6 Å². The smallest absolute Gasteiger partial charge is 0.266 e. The van der Waals surface area contributed by atoms with Gasteiger partial charge in [0, 0.05) is 18.1 Å². The van der Waals surface area contributed by atoms with Gasteiger partial charge in [0.1, 0.15) is 0 Å². The molecule has 1 aliphatic heterocycles. The molecular formula is C13H8BrN3O2. The molecule has 1 aromatic heterocycles. The van der Waals surface area contributed by atoms with Crippen LogP contribution in [0.5, 0.6) is 0 Å². The summed E-state index contributed by atoms with van der Waals surface area (Å²) in [5.41, 5.74) is 7.27. The predicted octanol–water partition coefficient (Wildman–Crippen LogP) is 2.23. The van der Waals surface area contributed by atoms with Crippen molar-refractivity contribution < 1.29 is 9.59 Å². The first-order chi connectivity index (χ1) is 9.09. The van der Waals surface area contributed by atoms with Gasteiger partial charge in [-0.2, -0.15) is 0 Å². The van der Waals surface area contributed by atoms with Crippen molar-refractivity contribution in [2.45, 2.75) is 0 Å². The summed E-state index contributed by atoms with van der Waals surface area (Å²) in [4.78, 5) is 29.6.